The molecule has 0 bridgehead atoms. The first-order valence-electron chi connectivity index (χ1n) is 6.94. The molecule has 0 saturated heterocycles. The zero-order valence-corrected chi connectivity index (χ0v) is 11.5. The predicted octanol–water partition coefficient (Wildman–Crippen LogP) is 2.57. The van der Waals surface area contributed by atoms with Crippen molar-refractivity contribution in [3.05, 3.63) is 28.3 Å². The second-order valence-electron chi connectivity index (χ2n) is 5.13. The summed E-state index contributed by atoms with van der Waals surface area (Å²) < 4.78 is 5.43. The SMILES string of the molecule is CCCOc1cccc(NCC2CC(O)C2)c1[N+](=O)[O-]. The van der Waals surface area contributed by atoms with Crippen LogP contribution in [0.5, 0.6) is 5.75 Å². The van der Waals surface area contributed by atoms with E-state index in [0.29, 0.717) is 30.5 Å². The number of hydrogen-bond donors (Lipinski definition) is 2. The Morgan fingerprint density at radius 2 is 2.25 bits per heavy atom. The lowest BCUT2D eigenvalue weighted by Crippen LogP contribution is -2.33. The minimum absolute atomic E-state index is 0.0131. The van der Waals surface area contributed by atoms with Crippen LogP contribution >= 0.6 is 0 Å². The van der Waals surface area contributed by atoms with Gasteiger partial charge in [-0.1, -0.05) is 13.0 Å². The number of nitro benzene ring substituents is 1. The second-order valence-corrected chi connectivity index (χ2v) is 5.13. The van der Waals surface area contributed by atoms with E-state index in [2.05, 4.69) is 5.32 Å². The summed E-state index contributed by atoms with van der Waals surface area (Å²) in [5.41, 5.74) is 0.464. The molecule has 0 spiro atoms. The molecule has 0 amide bonds. The van der Waals surface area contributed by atoms with Crippen molar-refractivity contribution < 1.29 is 14.8 Å². The number of nitrogens with zero attached hydrogens (tertiary/aromatic N) is 1. The van der Waals surface area contributed by atoms with E-state index in [4.69, 9.17) is 4.74 Å². The Hall–Kier alpha value is -1.82. The van der Waals surface area contributed by atoms with Crippen molar-refractivity contribution in [1.82, 2.24) is 0 Å². The summed E-state index contributed by atoms with van der Waals surface area (Å²) in [6.45, 7) is 3.05. The van der Waals surface area contributed by atoms with Gasteiger partial charge in [-0.3, -0.25) is 10.1 Å². The summed E-state index contributed by atoms with van der Waals surface area (Å²) in [6.07, 6.45) is 2.10. The van der Waals surface area contributed by atoms with E-state index >= 15 is 0 Å². The fraction of sp³-hybridized carbons (Fsp3) is 0.571. The highest BCUT2D eigenvalue weighted by molar-refractivity contribution is 5.68. The van der Waals surface area contributed by atoms with Gasteiger partial charge in [0.15, 0.2) is 5.75 Å². The predicted molar refractivity (Wildman–Crippen MR) is 76.1 cm³/mol. The normalized spacial score (nSPS) is 21.1. The average Bonchev–Trinajstić information content (AvgIpc) is 2.39. The fourth-order valence-electron chi connectivity index (χ4n) is 2.30. The molecule has 0 unspecified atom stereocenters. The van der Waals surface area contributed by atoms with E-state index in [9.17, 15) is 15.2 Å². The molecule has 0 aromatic heterocycles. The number of anilines is 1. The smallest absolute Gasteiger partial charge is 0.333 e. The summed E-state index contributed by atoms with van der Waals surface area (Å²) >= 11 is 0. The van der Waals surface area contributed by atoms with Crippen LogP contribution in [0.25, 0.3) is 0 Å². The minimum atomic E-state index is -0.414. The average molecular weight is 280 g/mol. The number of aliphatic hydroxyl groups excluding tert-OH is 1. The van der Waals surface area contributed by atoms with E-state index in [0.717, 1.165) is 19.3 Å². The van der Waals surface area contributed by atoms with Crippen LogP contribution in [0.4, 0.5) is 11.4 Å². The number of ether oxygens (including phenoxy) is 1. The third-order valence-corrected chi connectivity index (χ3v) is 3.44. The van der Waals surface area contributed by atoms with Crippen LogP contribution in [0.1, 0.15) is 26.2 Å². The Morgan fingerprint density at radius 1 is 1.50 bits per heavy atom. The molecule has 1 aromatic carbocycles. The molecule has 0 radical (unpaired) electrons. The van der Waals surface area contributed by atoms with E-state index in [1.807, 2.05) is 6.92 Å². The molecule has 1 fully saturated rings. The van der Waals surface area contributed by atoms with Crippen LogP contribution in [0.15, 0.2) is 18.2 Å². The molecule has 1 aliphatic carbocycles. The van der Waals surface area contributed by atoms with Crippen molar-refractivity contribution >= 4 is 11.4 Å². The molecule has 2 N–H and O–H groups in total. The van der Waals surface area contributed by atoms with Gasteiger partial charge in [-0.05, 0) is 37.3 Å². The van der Waals surface area contributed by atoms with Gasteiger partial charge in [0.05, 0.1) is 17.6 Å². The van der Waals surface area contributed by atoms with E-state index in [1.165, 1.54) is 0 Å². The first-order chi connectivity index (χ1) is 9.61. The van der Waals surface area contributed by atoms with Crippen molar-refractivity contribution in [2.45, 2.75) is 32.3 Å². The molecule has 110 valence electrons. The van der Waals surface area contributed by atoms with Gasteiger partial charge in [-0.2, -0.15) is 0 Å². The van der Waals surface area contributed by atoms with Crippen molar-refractivity contribution in [3.63, 3.8) is 0 Å². The highest BCUT2D eigenvalue weighted by Gasteiger charge is 2.28. The molecule has 0 aliphatic heterocycles. The zero-order valence-electron chi connectivity index (χ0n) is 11.5. The lowest BCUT2D eigenvalue weighted by atomic mass is 9.82. The third-order valence-electron chi connectivity index (χ3n) is 3.44. The number of aliphatic hydroxyl groups is 1. The maximum atomic E-state index is 11.2. The van der Waals surface area contributed by atoms with Gasteiger partial charge >= 0.3 is 5.69 Å². The number of nitrogens with one attached hydrogen (secondary N) is 1. The van der Waals surface area contributed by atoms with Crippen molar-refractivity contribution in [2.75, 3.05) is 18.5 Å². The molecule has 6 heteroatoms. The first-order valence-corrected chi connectivity index (χ1v) is 6.94. The maximum absolute atomic E-state index is 11.2. The molecule has 1 saturated carbocycles. The van der Waals surface area contributed by atoms with E-state index in [1.54, 1.807) is 18.2 Å². The van der Waals surface area contributed by atoms with Gasteiger partial charge < -0.3 is 15.2 Å². The van der Waals surface area contributed by atoms with Crippen LogP contribution in [-0.4, -0.2) is 29.3 Å². The quantitative estimate of drug-likeness (QED) is 0.592. The van der Waals surface area contributed by atoms with Gasteiger partial charge in [0, 0.05) is 6.54 Å². The Kier molecular flexibility index (Phi) is 4.79. The highest BCUT2D eigenvalue weighted by atomic mass is 16.6. The first kappa shape index (κ1) is 14.6. The van der Waals surface area contributed by atoms with Crippen molar-refractivity contribution in [1.29, 1.82) is 0 Å². The van der Waals surface area contributed by atoms with E-state index < -0.39 is 4.92 Å². The topological polar surface area (TPSA) is 84.6 Å². The minimum Gasteiger partial charge on any atom is -0.487 e. The van der Waals surface area contributed by atoms with Gasteiger partial charge in [-0.15, -0.1) is 0 Å². The molecule has 1 aliphatic rings. The Morgan fingerprint density at radius 3 is 2.85 bits per heavy atom. The van der Waals surface area contributed by atoms with Gasteiger partial charge in [-0.25, -0.2) is 0 Å². The van der Waals surface area contributed by atoms with Crippen LogP contribution in [0, 0.1) is 16.0 Å². The number of nitro groups is 1. The molecule has 2 rings (SSSR count). The number of benzene rings is 1. The van der Waals surface area contributed by atoms with Crippen molar-refractivity contribution in [3.8, 4) is 5.75 Å². The van der Waals surface area contributed by atoms with Gasteiger partial charge in [0.1, 0.15) is 5.69 Å². The molecule has 20 heavy (non-hydrogen) atoms. The summed E-state index contributed by atoms with van der Waals surface area (Å²) in [5.74, 6) is 0.681. The maximum Gasteiger partial charge on any atom is 0.333 e. The Balaban J connectivity index is 2.08. The Bertz CT molecular complexity index is 472. The van der Waals surface area contributed by atoms with Gasteiger partial charge in [0.25, 0.3) is 0 Å². The number of para-hydroxylation sites is 1. The fourth-order valence-corrected chi connectivity index (χ4v) is 2.30. The monoisotopic (exact) mass is 280 g/mol. The van der Waals surface area contributed by atoms with E-state index in [-0.39, 0.29) is 11.8 Å². The van der Waals surface area contributed by atoms with Crippen LogP contribution in [-0.2, 0) is 0 Å². The summed E-state index contributed by atoms with van der Waals surface area (Å²) in [6, 6.07) is 5.05. The van der Waals surface area contributed by atoms with Gasteiger partial charge in [0.2, 0.25) is 0 Å². The highest BCUT2D eigenvalue weighted by Crippen LogP contribution is 2.36. The lowest BCUT2D eigenvalue weighted by molar-refractivity contribution is -0.385. The molecule has 0 heterocycles. The molecule has 6 nitrogen and oxygen atoms in total. The largest absolute Gasteiger partial charge is 0.487 e. The zero-order chi connectivity index (χ0) is 14.5. The van der Waals surface area contributed by atoms with Crippen LogP contribution in [0.2, 0.25) is 0 Å². The molecular weight excluding hydrogens is 260 g/mol. The molecule has 0 atom stereocenters. The number of hydrogen-bond acceptors (Lipinski definition) is 5. The van der Waals surface area contributed by atoms with Crippen molar-refractivity contribution in [2.24, 2.45) is 5.92 Å². The van der Waals surface area contributed by atoms with Crippen LogP contribution in [0.3, 0.4) is 0 Å². The summed E-state index contributed by atoms with van der Waals surface area (Å²) in [5, 5.41) is 23.6. The standard InChI is InChI=1S/C14H20N2O4/c1-2-6-20-13-5-3-4-12(14(13)16(18)19)15-9-10-7-11(17)8-10/h3-5,10-11,15,17H,2,6-9H2,1H3. The third kappa shape index (κ3) is 3.39. The summed E-state index contributed by atoms with van der Waals surface area (Å²) in [7, 11) is 0. The second kappa shape index (κ2) is 6.56. The molecular formula is C14H20N2O4. The van der Waals surface area contributed by atoms with Crippen LogP contribution < -0.4 is 10.1 Å². The number of rotatable bonds is 7. The lowest BCUT2D eigenvalue weighted by Gasteiger charge is -2.31. The molecule has 1 aromatic rings. The summed E-state index contributed by atoms with van der Waals surface area (Å²) in [4.78, 5) is 10.8. The Labute approximate surface area is 117 Å².